The van der Waals surface area contributed by atoms with Gasteiger partial charge in [0.05, 0.1) is 0 Å². The second kappa shape index (κ2) is 9.45. The molecule has 0 unspecified atom stereocenters. The SMILES string of the molecule is Cn1ccc(=O)c(OCc2ccccc2)c1C(=O)N[C@H]1CC[C@H]1NC1CCOCC1. The number of carbonyl (C=O) groups excluding carboxylic acids is 1. The van der Waals surface area contributed by atoms with Gasteiger partial charge in [0, 0.05) is 50.7 Å². The van der Waals surface area contributed by atoms with E-state index in [0.29, 0.717) is 6.04 Å². The smallest absolute Gasteiger partial charge is 0.272 e. The third kappa shape index (κ3) is 4.74. The summed E-state index contributed by atoms with van der Waals surface area (Å²) in [7, 11) is 1.75. The quantitative estimate of drug-likeness (QED) is 0.728. The Morgan fingerprint density at radius 2 is 1.83 bits per heavy atom. The number of ether oxygens (including phenoxy) is 2. The van der Waals surface area contributed by atoms with E-state index in [2.05, 4.69) is 10.6 Å². The van der Waals surface area contributed by atoms with Crippen molar-refractivity contribution in [2.24, 2.45) is 7.05 Å². The van der Waals surface area contributed by atoms with E-state index in [4.69, 9.17) is 9.47 Å². The number of amides is 1. The van der Waals surface area contributed by atoms with Crippen LogP contribution in [-0.2, 0) is 18.4 Å². The molecule has 0 spiro atoms. The number of nitrogens with zero attached hydrogens (tertiary/aromatic N) is 1. The molecule has 2 heterocycles. The van der Waals surface area contributed by atoms with Gasteiger partial charge in [-0.2, -0.15) is 0 Å². The second-order valence-electron chi connectivity index (χ2n) is 8.06. The van der Waals surface area contributed by atoms with E-state index < -0.39 is 0 Å². The van der Waals surface area contributed by atoms with Crippen LogP contribution in [0, 0.1) is 0 Å². The van der Waals surface area contributed by atoms with Crippen LogP contribution in [0.3, 0.4) is 0 Å². The van der Waals surface area contributed by atoms with E-state index >= 15 is 0 Å². The average molecular weight is 412 g/mol. The molecule has 1 saturated heterocycles. The van der Waals surface area contributed by atoms with Gasteiger partial charge in [-0.3, -0.25) is 9.59 Å². The Kier molecular flexibility index (Phi) is 6.50. The molecular weight excluding hydrogens is 382 g/mol. The number of pyridine rings is 1. The summed E-state index contributed by atoms with van der Waals surface area (Å²) in [5, 5.41) is 6.76. The summed E-state index contributed by atoms with van der Waals surface area (Å²) in [4.78, 5) is 25.6. The van der Waals surface area contributed by atoms with Crippen molar-refractivity contribution in [3.63, 3.8) is 0 Å². The number of carbonyl (C=O) groups is 1. The van der Waals surface area contributed by atoms with Crippen molar-refractivity contribution in [3.05, 3.63) is 64.1 Å². The molecule has 1 aliphatic heterocycles. The van der Waals surface area contributed by atoms with Crippen molar-refractivity contribution in [3.8, 4) is 5.75 Å². The molecule has 4 rings (SSSR count). The highest BCUT2D eigenvalue weighted by Crippen LogP contribution is 2.24. The summed E-state index contributed by atoms with van der Waals surface area (Å²) in [6, 6.07) is 11.8. The molecule has 1 saturated carbocycles. The van der Waals surface area contributed by atoms with Gasteiger partial charge < -0.3 is 24.7 Å². The minimum Gasteiger partial charge on any atom is -0.483 e. The second-order valence-corrected chi connectivity index (χ2v) is 8.06. The molecule has 0 bridgehead atoms. The van der Waals surface area contributed by atoms with Crippen LogP contribution in [0.5, 0.6) is 5.75 Å². The molecule has 2 aromatic rings. The Balaban J connectivity index is 1.44. The fourth-order valence-corrected chi connectivity index (χ4v) is 4.02. The largest absolute Gasteiger partial charge is 0.483 e. The van der Waals surface area contributed by atoms with Crippen LogP contribution in [0.25, 0.3) is 0 Å². The van der Waals surface area contributed by atoms with E-state index in [9.17, 15) is 9.59 Å². The molecule has 2 N–H and O–H groups in total. The van der Waals surface area contributed by atoms with Gasteiger partial charge in [0.15, 0.2) is 11.4 Å². The molecule has 0 radical (unpaired) electrons. The average Bonchev–Trinajstić information content (AvgIpc) is 2.77. The Morgan fingerprint density at radius 1 is 1.10 bits per heavy atom. The summed E-state index contributed by atoms with van der Waals surface area (Å²) >= 11 is 0. The minimum absolute atomic E-state index is 0.0534. The minimum atomic E-state index is -0.292. The molecule has 2 fully saturated rings. The van der Waals surface area contributed by atoms with E-state index in [1.807, 2.05) is 30.3 Å². The number of benzene rings is 1. The van der Waals surface area contributed by atoms with Crippen LogP contribution >= 0.6 is 0 Å². The Hall–Kier alpha value is -2.64. The van der Waals surface area contributed by atoms with Gasteiger partial charge in [0.2, 0.25) is 5.43 Å². The molecule has 30 heavy (non-hydrogen) atoms. The van der Waals surface area contributed by atoms with Crippen LogP contribution in [-0.4, -0.2) is 41.8 Å². The molecule has 1 aromatic carbocycles. The lowest BCUT2D eigenvalue weighted by molar-refractivity contribution is 0.0650. The summed E-state index contributed by atoms with van der Waals surface area (Å²) in [5.41, 5.74) is 0.907. The van der Waals surface area contributed by atoms with Crippen LogP contribution in [0.4, 0.5) is 0 Å². The maximum Gasteiger partial charge on any atom is 0.272 e. The normalized spacial score (nSPS) is 21.6. The van der Waals surface area contributed by atoms with Gasteiger partial charge in [-0.25, -0.2) is 0 Å². The molecule has 160 valence electrons. The summed E-state index contributed by atoms with van der Waals surface area (Å²) in [6.45, 7) is 1.81. The lowest BCUT2D eigenvalue weighted by Crippen LogP contribution is -2.59. The summed E-state index contributed by atoms with van der Waals surface area (Å²) < 4.78 is 12.9. The standard InChI is InChI=1S/C23H29N3O4/c1-26-12-9-20(27)22(30-15-16-5-3-2-4-6-16)21(26)23(28)25-19-8-7-18(19)24-17-10-13-29-14-11-17/h2-6,9,12,17-19,24H,7-8,10-11,13-15H2,1H3,(H,25,28)/t18-,19+/m1/s1. The molecule has 1 aliphatic carbocycles. The molecule has 7 heteroatoms. The van der Waals surface area contributed by atoms with Crippen molar-refractivity contribution in [1.82, 2.24) is 15.2 Å². The number of rotatable bonds is 7. The molecule has 1 amide bonds. The zero-order valence-corrected chi connectivity index (χ0v) is 17.3. The van der Waals surface area contributed by atoms with Crippen LogP contribution in [0.15, 0.2) is 47.4 Å². The molecule has 1 aromatic heterocycles. The van der Waals surface area contributed by atoms with E-state index in [1.54, 1.807) is 17.8 Å². The van der Waals surface area contributed by atoms with E-state index in [0.717, 1.165) is 44.5 Å². The maximum atomic E-state index is 13.1. The number of aryl methyl sites for hydroxylation is 1. The third-order valence-electron chi connectivity index (χ3n) is 5.94. The molecule has 7 nitrogen and oxygen atoms in total. The topological polar surface area (TPSA) is 81.6 Å². The Labute approximate surface area is 176 Å². The predicted molar refractivity (Wildman–Crippen MR) is 114 cm³/mol. The zero-order chi connectivity index (χ0) is 20.9. The fraction of sp³-hybridized carbons (Fsp3) is 0.478. The molecular formula is C23H29N3O4. The zero-order valence-electron chi connectivity index (χ0n) is 17.3. The van der Waals surface area contributed by atoms with Crippen molar-refractivity contribution in [2.45, 2.75) is 50.4 Å². The maximum absolute atomic E-state index is 13.1. The first-order valence-electron chi connectivity index (χ1n) is 10.6. The van der Waals surface area contributed by atoms with Gasteiger partial charge in [-0.15, -0.1) is 0 Å². The summed E-state index contributed by atoms with van der Waals surface area (Å²) in [6.07, 6.45) is 5.57. The lowest BCUT2D eigenvalue weighted by Gasteiger charge is -2.41. The van der Waals surface area contributed by atoms with Crippen molar-refractivity contribution < 1.29 is 14.3 Å². The highest BCUT2D eigenvalue weighted by Gasteiger charge is 2.35. The first-order valence-corrected chi connectivity index (χ1v) is 10.6. The van der Waals surface area contributed by atoms with Crippen LogP contribution < -0.4 is 20.8 Å². The van der Waals surface area contributed by atoms with Crippen molar-refractivity contribution in [1.29, 1.82) is 0 Å². The number of aromatic nitrogens is 1. The van der Waals surface area contributed by atoms with E-state index in [1.165, 1.54) is 6.07 Å². The number of hydrogen-bond acceptors (Lipinski definition) is 5. The predicted octanol–water partition coefficient (Wildman–Crippen LogP) is 1.99. The van der Waals surface area contributed by atoms with Crippen LogP contribution in [0.2, 0.25) is 0 Å². The third-order valence-corrected chi connectivity index (χ3v) is 5.94. The lowest BCUT2D eigenvalue weighted by atomic mass is 9.85. The van der Waals surface area contributed by atoms with Gasteiger partial charge in [-0.05, 0) is 31.2 Å². The van der Waals surface area contributed by atoms with Gasteiger partial charge in [0.25, 0.3) is 5.91 Å². The Bertz CT molecular complexity index is 922. The highest BCUT2D eigenvalue weighted by atomic mass is 16.5. The molecule has 2 atom stereocenters. The van der Waals surface area contributed by atoms with E-state index in [-0.39, 0.29) is 41.5 Å². The number of hydrogen-bond donors (Lipinski definition) is 2. The first kappa shape index (κ1) is 20.6. The molecule has 2 aliphatic rings. The van der Waals surface area contributed by atoms with Gasteiger partial charge >= 0.3 is 0 Å². The Morgan fingerprint density at radius 3 is 2.53 bits per heavy atom. The highest BCUT2D eigenvalue weighted by molar-refractivity contribution is 5.95. The van der Waals surface area contributed by atoms with Gasteiger partial charge in [-0.1, -0.05) is 30.3 Å². The van der Waals surface area contributed by atoms with Gasteiger partial charge in [0.1, 0.15) is 6.61 Å². The first-order chi connectivity index (χ1) is 14.6. The number of nitrogens with one attached hydrogen (secondary N) is 2. The van der Waals surface area contributed by atoms with Crippen molar-refractivity contribution >= 4 is 5.91 Å². The fourth-order valence-electron chi connectivity index (χ4n) is 4.02. The monoisotopic (exact) mass is 411 g/mol. The van der Waals surface area contributed by atoms with Crippen molar-refractivity contribution in [2.75, 3.05) is 13.2 Å². The van der Waals surface area contributed by atoms with Crippen LogP contribution in [0.1, 0.15) is 41.7 Å². The summed E-state index contributed by atoms with van der Waals surface area (Å²) in [5.74, 6) is -0.184.